The molecule has 5 nitrogen and oxygen atoms in total. The van der Waals surface area contributed by atoms with Gasteiger partial charge in [-0.3, -0.25) is 4.79 Å². The Morgan fingerprint density at radius 1 is 1.16 bits per heavy atom. The van der Waals surface area contributed by atoms with Crippen LogP contribution in [0.25, 0.3) is 0 Å². The van der Waals surface area contributed by atoms with Crippen LogP contribution in [0, 0.1) is 0 Å². The van der Waals surface area contributed by atoms with Crippen molar-refractivity contribution in [3.63, 3.8) is 0 Å². The van der Waals surface area contributed by atoms with Crippen molar-refractivity contribution in [1.82, 2.24) is 0 Å². The number of amides is 1. The summed E-state index contributed by atoms with van der Waals surface area (Å²) in [6, 6.07) is 11.6. The molecule has 2 aromatic carbocycles. The zero-order chi connectivity index (χ0) is 18.0. The lowest BCUT2D eigenvalue weighted by Crippen LogP contribution is -2.33. The fourth-order valence-electron chi connectivity index (χ4n) is 2.80. The minimum atomic E-state index is -0.400. The fraction of sp³-hybridized carbons (Fsp3) is 0.222. The van der Waals surface area contributed by atoms with Crippen molar-refractivity contribution in [2.24, 2.45) is 0 Å². The average Bonchev–Trinajstić information content (AvgIpc) is 2.95. The van der Waals surface area contributed by atoms with Gasteiger partial charge in [0.1, 0.15) is 6.04 Å². The van der Waals surface area contributed by atoms with Crippen LogP contribution in [0.4, 0.5) is 11.4 Å². The van der Waals surface area contributed by atoms with Gasteiger partial charge >= 0.3 is 5.97 Å². The second-order valence-electron chi connectivity index (χ2n) is 5.61. The number of nitrogens with zero attached hydrogens (tertiary/aromatic N) is 1. The van der Waals surface area contributed by atoms with Crippen molar-refractivity contribution in [3.8, 4) is 0 Å². The summed E-state index contributed by atoms with van der Waals surface area (Å²) in [5.41, 5.74) is 1.74. The molecule has 0 bridgehead atoms. The number of carbonyl (C=O) groups excluding carboxylic acids is 2. The molecule has 130 valence electrons. The monoisotopic (exact) mass is 378 g/mol. The molecular formula is C18H16Cl2N2O3. The van der Waals surface area contributed by atoms with Crippen molar-refractivity contribution >= 4 is 46.5 Å². The van der Waals surface area contributed by atoms with Gasteiger partial charge in [0.15, 0.2) is 0 Å². The Labute approximate surface area is 155 Å². The van der Waals surface area contributed by atoms with E-state index in [1.54, 1.807) is 47.4 Å². The summed E-state index contributed by atoms with van der Waals surface area (Å²) in [6.45, 7) is 0.528. The van der Waals surface area contributed by atoms with Crippen LogP contribution >= 0.6 is 23.2 Å². The number of nitrogens with one attached hydrogen (secondary N) is 1. The number of benzene rings is 2. The molecule has 0 aliphatic carbocycles. The first-order valence-electron chi connectivity index (χ1n) is 7.71. The molecule has 0 radical (unpaired) electrons. The Kier molecular flexibility index (Phi) is 5.16. The summed E-state index contributed by atoms with van der Waals surface area (Å²) < 4.78 is 4.67. The van der Waals surface area contributed by atoms with E-state index < -0.39 is 5.97 Å². The summed E-state index contributed by atoms with van der Waals surface area (Å²) in [5, 5.41) is 4.08. The lowest BCUT2D eigenvalue weighted by molar-refractivity contribution is -0.117. The Morgan fingerprint density at radius 2 is 1.80 bits per heavy atom. The minimum Gasteiger partial charge on any atom is -0.465 e. The van der Waals surface area contributed by atoms with E-state index in [0.717, 1.165) is 5.69 Å². The molecule has 0 aromatic heterocycles. The summed E-state index contributed by atoms with van der Waals surface area (Å²) in [4.78, 5) is 25.8. The number of esters is 1. The molecule has 3 rings (SSSR count). The number of hydrogen-bond donors (Lipinski definition) is 1. The van der Waals surface area contributed by atoms with E-state index in [-0.39, 0.29) is 11.9 Å². The maximum Gasteiger partial charge on any atom is 0.337 e. The molecule has 1 atom stereocenters. The third-order valence-electron chi connectivity index (χ3n) is 4.06. The third kappa shape index (κ3) is 3.57. The topological polar surface area (TPSA) is 58.6 Å². The molecule has 1 N–H and O–H groups in total. The van der Waals surface area contributed by atoms with Gasteiger partial charge in [0, 0.05) is 12.2 Å². The molecule has 1 aliphatic rings. The number of ether oxygens (including phenoxy) is 1. The van der Waals surface area contributed by atoms with Crippen LogP contribution < -0.4 is 10.2 Å². The van der Waals surface area contributed by atoms with Gasteiger partial charge in [-0.25, -0.2) is 4.79 Å². The Hall–Kier alpha value is -2.24. The number of rotatable bonds is 4. The molecule has 25 heavy (non-hydrogen) atoms. The van der Waals surface area contributed by atoms with Crippen molar-refractivity contribution in [1.29, 1.82) is 0 Å². The maximum absolute atomic E-state index is 12.7. The molecule has 1 amide bonds. The van der Waals surface area contributed by atoms with E-state index in [0.29, 0.717) is 34.3 Å². The Bertz CT molecular complexity index is 788. The van der Waals surface area contributed by atoms with Crippen LogP contribution in [0.15, 0.2) is 42.5 Å². The van der Waals surface area contributed by atoms with E-state index in [1.807, 2.05) is 0 Å². The molecule has 1 unspecified atom stereocenters. The smallest absolute Gasteiger partial charge is 0.337 e. The Morgan fingerprint density at radius 3 is 2.40 bits per heavy atom. The fourth-order valence-corrected chi connectivity index (χ4v) is 3.41. The molecule has 1 saturated heterocycles. The van der Waals surface area contributed by atoms with E-state index in [1.165, 1.54) is 7.11 Å². The summed E-state index contributed by atoms with van der Waals surface area (Å²) >= 11 is 12.4. The van der Waals surface area contributed by atoms with Gasteiger partial charge in [-0.15, -0.1) is 0 Å². The lowest BCUT2D eigenvalue weighted by Gasteiger charge is -2.20. The van der Waals surface area contributed by atoms with Crippen LogP contribution in [0.1, 0.15) is 16.8 Å². The van der Waals surface area contributed by atoms with Gasteiger partial charge in [0.25, 0.3) is 0 Å². The van der Waals surface area contributed by atoms with Gasteiger partial charge in [-0.2, -0.15) is 0 Å². The molecule has 7 heteroatoms. The first-order chi connectivity index (χ1) is 12.0. The number of anilines is 2. The van der Waals surface area contributed by atoms with Gasteiger partial charge < -0.3 is 15.0 Å². The lowest BCUT2D eigenvalue weighted by atomic mass is 10.2. The zero-order valence-corrected chi connectivity index (χ0v) is 15.0. The molecule has 2 aromatic rings. The zero-order valence-electron chi connectivity index (χ0n) is 13.5. The molecule has 0 spiro atoms. The van der Waals surface area contributed by atoms with Crippen molar-refractivity contribution in [2.75, 3.05) is 23.9 Å². The number of halogens is 2. The number of methoxy groups -OCH3 is 1. The van der Waals surface area contributed by atoms with E-state index in [4.69, 9.17) is 23.2 Å². The predicted molar refractivity (Wildman–Crippen MR) is 98.6 cm³/mol. The van der Waals surface area contributed by atoms with E-state index in [2.05, 4.69) is 10.1 Å². The van der Waals surface area contributed by atoms with E-state index in [9.17, 15) is 9.59 Å². The van der Waals surface area contributed by atoms with Crippen LogP contribution in [0.5, 0.6) is 0 Å². The highest BCUT2D eigenvalue weighted by molar-refractivity contribution is 6.40. The molecule has 1 aliphatic heterocycles. The SMILES string of the molecule is COC(=O)c1ccc(NC2CCN(c3c(Cl)cccc3Cl)C2=O)cc1. The van der Waals surface area contributed by atoms with Crippen LogP contribution in [0.3, 0.4) is 0 Å². The van der Waals surface area contributed by atoms with Crippen LogP contribution in [0.2, 0.25) is 10.0 Å². The highest BCUT2D eigenvalue weighted by atomic mass is 35.5. The Balaban J connectivity index is 1.73. The van der Waals surface area contributed by atoms with E-state index >= 15 is 0 Å². The van der Waals surface area contributed by atoms with Gasteiger partial charge in [-0.1, -0.05) is 29.3 Å². The third-order valence-corrected chi connectivity index (χ3v) is 4.67. The van der Waals surface area contributed by atoms with Gasteiger partial charge in [0.2, 0.25) is 5.91 Å². The van der Waals surface area contributed by atoms with Crippen molar-refractivity contribution in [3.05, 3.63) is 58.1 Å². The summed E-state index contributed by atoms with van der Waals surface area (Å²) in [6.07, 6.45) is 0.624. The second kappa shape index (κ2) is 7.33. The normalized spacial score (nSPS) is 16.8. The largest absolute Gasteiger partial charge is 0.465 e. The molecule has 1 fully saturated rings. The van der Waals surface area contributed by atoms with Crippen LogP contribution in [-0.2, 0) is 9.53 Å². The predicted octanol–water partition coefficient (Wildman–Crippen LogP) is 4.00. The highest BCUT2D eigenvalue weighted by Gasteiger charge is 2.34. The first-order valence-corrected chi connectivity index (χ1v) is 8.47. The minimum absolute atomic E-state index is 0.0907. The summed E-state index contributed by atoms with van der Waals surface area (Å²) in [7, 11) is 1.33. The standard InChI is InChI=1S/C18H16Cl2N2O3/c1-25-18(24)11-5-7-12(8-6-11)21-15-9-10-22(17(15)23)16-13(19)3-2-4-14(16)20/h2-8,15,21H,9-10H2,1H3. The summed E-state index contributed by atoms with van der Waals surface area (Å²) in [5.74, 6) is -0.491. The quantitative estimate of drug-likeness (QED) is 0.816. The van der Waals surface area contributed by atoms with Crippen molar-refractivity contribution < 1.29 is 14.3 Å². The highest BCUT2D eigenvalue weighted by Crippen LogP contribution is 2.36. The van der Waals surface area contributed by atoms with Gasteiger partial charge in [0.05, 0.1) is 28.4 Å². The van der Waals surface area contributed by atoms with Gasteiger partial charge in [-0.05, 0) is 42.8 Å². The van der Waals surface area contributed by atoms with Crippen LogP contribution in [-0.4, -0.2) is 31.6 Å². The second-order valence-corrected chi connectivity index (χ2v) is 6.43. The maximum atomic E-state index is 12.7. The first kappa shape index (κ1) is 17.6. The number of para-hydroxylation sites is 1. The number of hydrogen-bond acceptors (Lipinski definition) is 4. The van der Waals surface area contributed by atoms with Crippen molar-refractivity contribution in [2.45, 2.75) is 12.5 Å². The molecule has 1 heterocycles. The molecule has 0 saturated carbocycles. The average molecular weight is 379 g/mol. The molecular weight excluding hydrogens is 363 g/mol. The number of carbonyl (C=O) groups is 2.